The van der Waals surface area contributed by atoms with Crippen LogP contribution >= 0.6 is 24.0 Å². The molecule has 0 spiro atoms. The van der Waals surface area contributed by atoms with Crippen LogP contribution in [0.15, 0.2) is 72.8 Å². The SMILES string of the molecule is COc1ccc(CCNCc2ccccc2OCc2ccccc2Cl)cc1.Cl. The predicted molar refractivity (Wildman–Crippen MR) is 118 cm³/mol. The van der Waals surface area contributed by atoms with Crippen LogP contribution in [0, 0.1) is 0 Å². The van der Waals surface area contributed by atoms with Crippen molar-refractivity contribution in [3.8, 4) is 11.5 Å². The first-order valence-corrected chi connectivity index (χ1v) is 9.42. The molecule has 3 nitrogen and oxygen atoms in total. The van der Waals surface area contributed by atoms with Crippen LogP contribution in [-0.4, -0.2) is 13.7 Å². The van der Waals surface area contributed by atoms with Crippen LogP contribution < -0.4 is 14.8 Å². The van der Waals surface area contributed by atoms with Gasteiger partial charge < -0.3 is 14.8 Å². The fraction of sp³-hybridized carbons (Fsp3) is 0.217. The lowest BCUT2D eigenvalue weighted by Gasteiger charge is -2.13. The van der Waals surface area contributed by atoms with E-state index < -0.39 is 0 Å². The molecule has 28 heavy (non-hydrogen) atoms. The van der Waals surface area contributed by atoms with Gasteiger partial charge in [-0.25, -0.2) is 0 Å². The largest absolute Gasteiger partial charge is 0.497 e. The van der Waals surface area contributed by atoms with E-state index in [0.717, 1.165) is 47.2 Å². The third-order valence-corrected chi connectivity index (χ3v) is 4.75. The second-order valence-corrected chi connectivity index (χ2v) is 6.67. The van der Waals surface area contributed by atoms with Crippen molar-refractivity contribution in [2.24, 2.45) is 0 Å². The Balaban J connectivity index is 0.00000280. The molecule has 3 rings (SSSR count). The van der Waals surface area contributed by atoms with Gasteiger partial charge in [0.05, 0.1) is 7.11 Å². The molecular weight excluding hydrogens is 393 g/mol. The highest BCUT2D eigenvalue weighted by molar-refractivity contribution is 6.31. The smallest absolute Gasteiger partial charge is 0.124 e. The molecule has 1 N–H and O–H groups in total. The molecule has 3 aromatic rings. The first-order chi connectivity index (χ1) is 13.3. The van der Waals surface area contributed by atoms with Gasteiger partial charge in [-0.05, 0) is 42.8 Å². The number of methoxy groups -OCH3 is 1. The molecule has 0 aliphatic heterocycles. The van der Waals surface area contributed by atoms with E-state index in [0.29, 0.717) is 6.61 Å². The monoisotopic (exact) mass is 417 g/mol. The Morgan fingerprint density at radius 2 is 1.54 bits per heavy atom. The van der Waals surface area contributed by atoms with Gasteiger partial charge in [-0.3, -0.25) is 0 Å². The number of ether oxygens (including phenoxy) is 2. The summed E-state index contributed by atoms with van der Waals surface area (Å²) in [5.74, 6) is 1.77. The predicted octanol–water partition coefficient (Wildman–Crippen LogP) is 5.68. The molecule has 0 unspecified atom stereocenters. The molecule has 0 amide bonds. The van der Waals surface area contributed by atoms with E-state index >= 15 is 0 Å². The third kappa shape index (κ3) is 6.45. The molecule has 5 heteroatoms. The van der Waals surface area contributed by atoms with Crippen LogP contribution in [0.1, 0.15) is 16.7 Å². The lowest BCUT2D eigenvalue weighted by Crippen LogP contribution is -2.17. The van der Waals surface area contributed by atoms with E-state index in [4.69, 9.17) is 21.1 Å². The highest BCUT2D eigenvalue weighted by Crippen LogP contribution is 2.22. The number of benzene rings is 3. The molecule has 0 aliphatic rings. The fourth-order valence-corrected chi connectivity index (χ4v) is 3.00. The number of hydrogen-bond donors (Lipinski definition) is 1. The van der Waals surface area contributed by atoms with Gasteiger partial charge in [-0.15, -0.1) is 12.4 Å². The van der Waals surface area contributed by atoms with Crippen LogP contribution in [-0.2, 0) is 19.6 Å². The Morgan fingerprint density at radius 1 is 0.857 bits per heavy atom. The van der Waals surface area contributed by atoms with Crippen molar-refractivity contribution in [1.82, 2.24) is 5.32 Å². The summed E-state index contributed by atoms with van der Waals surface area (Å²) < 4.78 is 11.2. The minimum Gasteiger partial charge on any atom is -0.497 e. The topological polar surface area (TPSA) is 30.5 Å². The Hall–Kier alpha value is -2.20. The summed E-state index contributed by atoms with van der Waals surface area (Å²) in [4.78, 5) is 0. The minimum absolute atomic E-state index is 0. The highest BCUT2D eigenvalue weighted by atomic mass is 35.5. The highest BCUT2D eigenvalue weighted by Gasteiger charge is 2.05. The minimum atomic E-state index is 0. The first kappa shape index (κ1) is 22.1. The maximum Gasteiger partial charge on any atom is 0.124 e. The second-order valence-electron chi connectivity index (χ2n) is 6.26. The van der Waals surface area contributed by atoms with Crippen molar-refractivity contribution in [3.63, 3.8) is 0 Å². The van der Waals surface area contributed by atoms with E-state index in [1.807, 2.05) is 54.6 Å². The number of nitrogens with one attached hydrogen (secondary N) is 1. The average Bonchev–Trinajstić information content (AvgIpc) is 2.72. The van der Waals surface area contributed by atoms with E-state index in [2.05, 4.69) is 23.5 Å². The third-order valence-electron chi connectivity index (χ3n) is 4.38. The van der Waals surface area contributed by atoms with Crippen molar-refractivity contribution in [1.29, 1.82) is 0 Å². The summed E-state index contributed by atoms with van der Waals surface area (Å²) in [6, 6.07) is 24.0. The second kappa shape index (κ2) is 11.6. The van der Waals surface area contributed by atoms with Crippen molar-refractivity contribution in [2.75, 3.05) is 13.7 Å². The molecule has 0 aliphatic carbocycles. The lowest BCUT2D eigenvalue weighted by atomic mass is 10.1. The summed E-state index contributed by atoms with van der Waals surface area (Å²) in [7, 11) is 1.68. The number of hydrogen-bond acceptors (Lipinski definition) is 3. The molecule has 0 atom stereocenters. The van der Waals surface area contributed by atoms with E-state index in [1.54, 1.807) is 7.11 Å². The van der Waals surface area contributed by atoms with Gasteiger partial charge >= 0.3 is 0 Å². The maximum atomic E-state index is 6.21. The molecule has 148 valence electrons. The lowest BCUT2D eigenvalue weighted by molar-refractivity contribution is 0.302. The zero-order chi connectivity index (χ0) is 18.9. The Morgan fingerprint density at radius 3 is 2.25 bits per heavy atom. The quantitative estimate of drug-likeness (QED) is 0.454. The first-order valence-electron chi connectivity index (χ1n) is 9.04. The van der Waals surface area contributed by atoms with Gasteiger partial charge in [-0.1, -0.05) is 60.1 Å². The van der Waals surface area contributed by atoms with Crippen molar-refractivity contribution < 1.29 is 9.47 Å². The zero-order valence-corrected chi connectivity index (χ0v) is 17.4. The van der Waals surface area contributed by atoms with Crippen LogP contribution in [0.25, 0.3) is 0 Å². The summed E-state index contributed by atoms with van der Waals surface area (Å²) in [6.45, 7) is 2.11. The number of halogens is 2. The molecule has 0 radical (unpaired) electrons. The molecule has 0 fully saturated rings. The maximum absolute atomic E-state index is 6.21. The molecule has 0 saturated heterocycles. The van der Waals surface area contributed by atoms with Crippen molar-refractivity contribution in [3.05, 3.63) is 94.5 Å². The van der Waals surface area contributed by atoms with E-state index in [1.165, 1.54) is 5.56 Å². The average molecular weight is 418 g/mol. The van der Waals surface area contributed by atoms with Gasteiger partial charge in [0.1, 0.15) is 18.1 Å². The van der Waals surface area contributed by atoms with Crippen molar-refractivity contribution in [2.45, 2.75) is 19.6 Å². The number of rotatable bonds is 9. The molecule has 0 heterocycles. The normalized spacial score (nSPS) is 10.2. The van der Waals surface area contributed by atoms with Gasteiger partial charge in [0.15, 0.2) is 0 Å². The number of para-hydroxylation sites is 1. The summed E-state index contributed by atoms with van der Waals surface area (Å²) in [6.07, 6.45) is 0.965. The van der Waals surface area contributed by atoms with E-state index in [-0.39, 0.29) is 12.4 Å². The van der Waals surface area contributed by atoms with Gasteiger partial charge in [0.2, 0.25) is 0 Å². The molecule has 0 aromatic heterocycles. The van der Waals surface area contributed by atoms with Crippen LogP contribution in [0.4, 0.5) is 0 Å². The van der Waals surface area contributed by atoms with Gasteiger partial charge in [0.25, 0.3) is 0 Å². The molecular formula is C23H25Cl2NO2. The zero-order valence-electron chi connectivity index (χ0n) is 15.9. The Kier molecular flexibility index (Phi) is 9.15. The van der Waals surface area contributed by atoms with Crippen LogP contribution in [0.5, 0.6) is 11.5 Å². The van der Waals surface area contributed by atoms with Gasteiger partial charge in [-0.2, -0.15) is 0 Å². The van der Waals surface area contributed by atoms with E-state index in [9.17, 15) is 0 Å². The molecule has 3 aromatic carbocycles. The summed E-state index contributed by atoms with van der Waals surface area (Å²) >= 11 is 6.21. The summed E-state index contributed by atoms with van der Waals surface area (Å²) in [5, 5.41) is 4.22. The molecule has 0 bridgehead atoms. The molecule has 0 saturated carbocycles. The summed E-state index contributed by atoms with van der Waals surface area (Å²) in [5.41, 5.74) is 3.41. The van der Waals surface area contributed by atoms with Crippen molar-refractivity contribution >= 4 is 24.0 Å². The standard InChI is InChI=1S/C23H24ClNO2.ClH/c1-26-21-12-10-18(11-13-21)14-15-25-16-19-6-3-5-9-23(19)27-17-20-7-2-4-8-22(20)24;/h2-13,25H,14-17H2,1H3;1H. The van der Waals surface area contributed by atoms with Crippen LogP contribution in [0.2, 0.25) is 5.02 Å². The Labute approximate surface area is 178 Å². The van der Waals surface area contributed by atoms with Crippen LogP contribution in [0.3, 0.4) is 0 Å². The fourth-order valence-electron chi connectivity index (χ4n) is 2.81. The van der Waals surface area contributed by atoms with Gasteiger partial charge in [0, 0.05) is 22.7 Å². The Bertz CT molecular complexity index is 853.